The van der Waals surface area contributed by atoms with Gasteiger partial charge in [-0.3, -0.25) is 0 Å². The van der Waals surface area contributed by atoms with Crippen LogP contribution >= 0.6 is 38.9 Å². The molecule has 1 aromatic heterocycles. The summed E-state index contributed by atoms with van der Waals surface area (Å²) >= 11 is 9.91. The van der Waals surface area contributed by atoms with Gasteiger partial charge in [0.2, 0.25) is 0 Å². The molecule has 1 nitrogen and oxygen atoms in total. The first kappa shape index (κ1) is 9.00. The molecule has 1 aromatic rings. The molecule has 0 aliphatic heterocycles. The quantitative estimate of drug-likeness (QED) is 0.405. The van der Waals surface area contributed by atoms with Crippen molar-refractivity contribution in [3.05, 3.63) is 14.5 Å². The third kappa shape index (κ3) is 2.52. The van der Waals surface area contributed by atoms with Crippen molar-refractivity contribution in [3.8, 4) is 0 Å². The van der Waals surface area contributed by atoms with Crippen LogP contribution in [0.1, 0.15) is 0 Å². The minimum absolute atomic E-state index is 0. The molecular weight excluding hydrogens is 204 g/mol. The number of hydrogen-bond donors (Lipinski definition) is 0. The molecule has 5 heteroatoms. The smallest absolute Gasteiger partial charge is 0.431 e. The number of thiazole rings is 1. The van der Waals surface area contributed by atoms with Crippen molar-refractivity contribution in [2.24, 2.45) is 0 Å². The molecule has 0 aliphatic carbocycles. The fraction of sp³-hybridized carbons (Fsp3) is 0. The Bertz CT molecular complexity index is 152. The van der Waals surface area contributed by atoms with E-state index in [2.05, 4.69) is 27.1 Å². The minimum atomic E-state index is 0. The molecular formula is C3BrClLiNS. The van der Waals surface area contributed by atoms with Gasteiger partial charge in [0.15, 0.2) is 0 Å². The van der Waals surface area contributed by atoms with Gasteiger partial charge in [0.05, 0.1) is 0 Å². The van der Waals surface area contributed by atoms with Gasteiger partial charge in [0.25, 0.3) is 0 Å². The molecule has 0 spiro atoms. The standard InChI is InChI=1S/C3BrClNS.Li/c4-2-1-6-3(5)7-2;/q-1;+1. The second-order valence-corrected chi connectivity index (χ2v) is 3.75. The van der Waals surface area contributed by atoms with Crippen LogP contribution in [0, 0.1) is 6.20 Å². The summed E-state index contributed by atoms with van der Waals surface area (Å²) in [6, 6.07) is 0. The molecule has 0 saturated heterocycles. The van der Waals surface area contributed by atoms with Crippen LogP contribution < -0.4 is 18.9 Å². The van der Waals surface area contributed by atoms with Crippen LogP contribution in [0.25, 0.3) is 0 Å². The summed E-state index contributed by atoms with van der Waals surface area (Å²) in [5.74, 6) is 0. The SMILES string of the molecule is Clc1n[c-]c(Br)s1.[Li+]. The molecule has 1 heterocycles. The zero-order chi connectivity index (χ0) is 5.28. The van der Waals surface area contributed by atoms with Gasteiger partial charge in [-0.05, 0) is 3.79 Å². The number of rotatable bonds is 0. The van der Waals surface area contributed by atoms with E-state index < -0.39 is 0 Å². The van der Waals surface area contributed by atoms with E-state index in [1.165, 1.54) is 11.3 Å². The average Bonchev–Trinajstić information content (AvgIpc) is 1.87. The fourth-order valence-electron chi connectivity index (χ4n) is 0.207. The Morgan fingerprint density at radius 1 is 1.75 bits per heavy atom. The topological polar surface area (TPSA) is 12.9 Å². The maximum absolute atomic E-state index is 5.41. The summed E-state index contributed by atoms with van der Waals surface area (Å²) in [5, 5.41) is 0. The van der Waals surface area contributed by atoms with Gasteiger partial charge in [-0.15, -0.1) is 6.20 Å². The molecule has 0 atom stereocenters. The van der Waals surface area contributed by atoms with E-state index in [1.54, 1.807) is 0 Å². The Hall–Kier alpha value is 0.997. The maximum Gasteiger partial charge on any atom is 1.00 e. The normalized spacial score (nSPS) is 8.25. The molecule has 0 N–H and O–H groups in total. The third-order valence-electron chi connectivity index (χ3n) is 0.406. The third-order valence-corrected chi connectivity index (χ3v) is 1.91. The Kier molecular flexibility index (Phi) is 4.41. The molecule has 0 unspecified atom stereocenters. The Balaban J connectivity index is 0.000000490. The summed E-state index contributed by atoms with van der Waals surface area (Å²) in [7, 11) is 0. The van der Waals surface area contributed by atoms with Crippen LogP contribution in [0.15, 0.2) is 3.79 Å². The molecule has 0 amide bonds. The van der Waals surface area contributed by atoms with Gasteiger partial charge < -0.3 is 4.98 Å². The number of nitrogens with zero attached hydrogens (tertiary/aromatic N) is 1. The van der Waals surface area contributed by atoms with Crippen LogP contribution in [-0.4, -0.2) is 4.98 Å². The van der Waals surface area contributed by atoms with E-state index in [4.69, 9.17) is 11.6 Å². The first-order chi connectivity index (χ1) is 3.29. The fourth-order valence-corrected chi connectivity index (χ4v) is 1.64. The van der Waals surface area contributed by atoms with Crippen LogP contribution in [0.5, 0.6) is 0 Å². The van der Waals surface area contributed by atoms with E-state index in [0.717, 1.165) is 3.79 Å². The molecule has 0 fully saturated rings. The van der Waals surface area contributed by atoms with Crippen molar-refractivity contribution in [2.45, 2.75) is 0 Å². The number of aromatic nitrogens is 1. The molecule has 0 aromatic carbocycles. The monoisotopic (exact) mass is 203 g/mol. The second-order valence-electron chi connectivity index (χ2n) is 0.852. The van der Waals surface area contributed by atoms with Crippen LogP contribution in [0.2, 0.25) is 4.47 Å². The van der Waals surface area contributed by atoms with Crippen molar-refractivity contribution in [1.29, 1.82) is 0 Å². The van der Waals surface area contributed by atoms with Crippen molar-refractivity contribution in [2.75, 3.05) is 0 Å². The van der Waals surface area contributed by atoms with Gasteiger partial charge in [-0.1, -0.05) is 15.9 Å². The summed E-state index contributed by atoms with van der Waals surface area (Å²) in [5.41, 5.74) is 0. The predicted molar refractivity (Wildman–Crippen MR) is 33.7 cm³/mol. The largest absolute Gasteiger partial charge is 1.00 e. The predicted octanol–water partition coefficient (Wildman–Crippen LogP) is -0.637. The van der Waals surface area contributed by atoms with Gasteiger partial charge >= 0.3 is 18.9 Å². The van der Waals surface area contributed by atoms with Crippen molar-refractivity contribution >= 4 is 38.9 Å². The van der Waals surface area contributed by atoms with Crippen LogP contribution in [0.3, 0.4) is 0 Å². The van der Waals surface area contributed by atoms with Gasteiger partial charge in [0.1, 0.15) is 0 Å². The molecule has 0 aliphatic rings. The Morgan fingerprint density at radius 2 is 2.38 bits per heavy atom. The maximum atomic E-state index is 5.41. The van der Waals surface area contributed by atoms with Crippen molar-refractivity contribution in [3.63, 3.8) is 0 Å². The number of halogens is 2. The Morgan fingerprint density at radius 3 is 2.50 bits per heavy atom. The summed E-state index contributed by atoms with van der Waals surface area (Å²) in [6.07, 6.45) is 2.62. The molecule has 0 radical (unpaired) electrons. The Labute approximate surface area is 76.8 Å². The molecule has 0 bridgehead atoms. The van der Waals surface area contributed by atoms with Gasteiger partial charge in [0, 0.05) is 4.47 Å². The molecule has 38 valence electrons. The van der Waals surface area contributed by atoms with Crippen LogP contribution in [0.4, 0.5) is 0 Å². The summed E-state index contributed by atoms with van der Waals surface area (Å²) in [6.45, 7) is 0. The first-order valence-electron chi connectivity index (χ1n) is 1.48. The van der Waals surface area contributed by atoms with Crippen molar-refractivity contribution < 1.29 is 18.9 Å². The molecule has 0 saturated carbocycles. The zero-order valence-electron chi connectivity index (χ0n) is 4.11. The first-order valence-corrected chi connectivity index (χ1v) is 3.47. The van der Waals surface area contributed by atoms with Crippen molar-refractivity contribution in [1.82, 2.24) is 4.98 Å². The van der Waals surface area contributed by atoms with E-state index in [9.17, 15) is 0 Å². The minimum Gasteiger partial charge on any atom is -0.431 e. The zero-order valence-corrected chi connectivity index (χ0v) is 7.27. The summed E-state index contributed by atoms with van der Waals surface area (Å²) < 4.78 is 1.37. The summed E-state index contributed by atoms with van der Waals surface area (Å²) in [4.78, 5) is 3.63. The number of hydrogen-bond acceptors (Lipinski definition) is 2. The van der Waals surface area contributed by atoms with E-state index in [1.807, 2.05) is 0 Å². The molecule has 1 rings (SSSR count). The second kappa shape index (κ2) is 3.92. The van der Waals surface area contributed by atoms with E-state index in [0.29, 0.717) is 4.47 Å². The van der Waals surface area contributed by atoms with E-state index >= 15 is 0 Å². The average molecular weight is 204 g/mol. The van der Waals surface area contributed by atoms with Crippen LogP contribution in [-0.2, 0) is 0 Å². The van der Waals surface area contributed by atoms with Gasteiger partial charge in [-0.25, -0.2) is 11.3 Å². The molecule has 8 heavy (non-hydrogen) atoms. The van der Waals surface area contributed by atoms with E-state index in [-0.39, 0.29) is 18.9 Å². The van der Waals surface area contributed by atoms with Gasteiger partial charge in [-0.2, -0.15) is 11.6 Å².